The fourth-order valence-corrected chi connectivity index (χ4v) is 3.19. The Kier molecular flexibility index (Phi) is 5.48. The second-order valence-electron chi connectivity index (χ2n) is 5.79. The van der Waals surface area contributed by atoms with E-state index in [0.29, 0.717) is 5.56 Å². The minimum atomic E-state index is -0.121. The van der Waals surface area contributed by atoms with E-state index in [9.17, 15) is 4.79 Å². The SMILES string of the molecule is CCN1CCN(c2cc(C(=O)Nc3cccc(Br)c3)ccn2)CC1. The van der Waals surface area contributed by atoms with Gasteiger partial charge in [0.25, 0.3) is 5.91 Å². The number of aromatic nitrogens is 1. The second-order valence-corrected chi connectivity index (χ2v) is 6.70. The maximum absolute atomic E-state index is 12.5. The van der Waals surface area contributed by atoms with Gasteiger partial charge in [-0.2, -0.15) is 0 Å². The molecule has 6 heteroatoms. The first-order valence-electron chi connectivity index (χ1n) is 8.16. The topological polar surface area (TPSA) is 48.5 Å². The first-order chi connectivity index (χ1) is 11.7. The number of carbonyl (C=O) groups is 1. The third-order valence-corrected chi connectivity index (χ3v) is 4.73. The van der Waals surface area contributed by atoms with Crippen LogP contribution in [0.4, 0.5) is 11.5 Å². The maximum atomic E-state index is 12.5. The molecule has 0 spiro atoms. The highest BCUT2D eigenvalue weighted by atomic mass is 79.9. The van der Waals surface area contributed by atoms with Crippen LogP contribution in [0.2, 0.25) is 0 Å². The van der Waals surface area contributed by atoms with Crippen LogP contribution >= 0.6 is 15.9 Å². The van der Waals surface area contributed by atoms with Crippen molar-refractivity contribution < 1.29 is 4.79 Å². The van der Waals surface area contributed by atoms with Crippen molar-refractivity contribution in [3.63, 3.8) is 0 Å². The molecule has 1 aliphatic heterocycles. The number of pyridine rings is 1. The smallest absolute Gasteiger partial charge is 0.255 e. The molecule has 1 amide bonds. The van der Waals surface area contributed by atoms with Gasteiger partial charge >= 0.3 is 0 Å². The third-order valence-electron chi connectivity index (χ3n) is 4.23. The predicted octanol–water partition coefficient (Wildman–Crippen LogP) is 3.24. The standard InChI is InChI=1S/C18H21BrN4O/c1-2-22-8-10-23(11-9-22)17-12-14(6-7-20-17)18(24)21-16-5-3-4-15(19)13-16/h3-7,12-13H,2,8-11H2,1H3,(H,21,24). The molecule has 24 heavy (non-hydrogen) atoms. The van der Waals surface area contributed by atoms with Crippen molar-refractivity contribution in [2.45, 2.75) is 6.92 Å². The van der Waals surface area contributed by atoms with Crippen molar-refractivity contribution in [3.05, 3.63) is 52.6 Å². The molecule has 3 rings (SSSR count). The Balaban J connectivity index is 1.69. The van der Waals surface area contributed by atoms with Gasteiger partial charge in [-0.3, -0.25) is 4.79 Å². The molecule has 126 valence electrons. The van der Waals surface area contributed by atoms with Gasteiger partial charge < -0.3 is 15.1 Å². The van der Waals surface area contributed by atoms with Crippen LogP contribution in [-0.4, -0.2) is 48.5 Å². The van der Waals surface area contributed by atoms with Gasteiger partial charge in [0, 0.05) is 48.1 Å². The number of nitrogens with zero attached hydrogens (tertiary/aromatic N) is 3. The van der Waals surface area contributed by atoms with Gasteiger partial charge in [0.1, 0.15) is 5.82 Å². The number of hydrogen-bond donors (Lipinski definition) is 1. The van der Waals surface area contributed by atoms with Crippen LogP contribution in [0.5, 0.6) is 0 Å². The maximum Gasteiger partial charge on any atom is 0.255 e. The molecule has 0 radical (unpaired) electrons. The van der Waals surface area contributed by atoms with Crippen LogP contribution < -0.4 is 10.2 Å². The molecule has 1 fully saturated rings. The zero-order chi connectivity index (χ0) is 16.9. The number of rotatable bonds is 4. The molecule has 5 nitrogen and oxygen atoms in total. The van der Waals surface area contributed by atoms with E-state index in [1.807, 2.05) is 30.3 Å². The summed E-state index contributed by atoms with van der Waals surface area (Å²) in [4.78, 5) is 21.6. The average Bonchev–Trinajstić information content (AvgIpc) is 2.62. The van der Waals surface area contributed by atoms with Crippen LogP contribution in [0.3, 0.4) is 0 Å². The van der Waals surface area contributed by atoms with Crippen LogP contribution in [0.15, 0.2) is 47.1 Å². The predicted molar refractivity (Wildman–Crippen MR) is 101 cm³/mol. The number of hydrogen-bond acceptors (Lipinski definition) is 4. The Labute approximate surface area is 150 Å². The summed E-state index contributed by atoms with van der Waals surface area (Å²) in [5.41, 5.74) is 1.39. The first kappa shape index (κ1) is 16.9. The summed E-state index contributed by atoms with van der Waals surface area (Å²) in [7, 11) is 0. The molecule has 2 aromatic rings. The van der Waals surface area contributed by atoms with Gasteiger partial charge in [0.05, 0.1) is 0 Å². The van der Waals surface area contributed by atoms with E-state index in [1.54, 1.807) is 12.3 Å². The lowest BCUT2D eigenvalue weighted by Crippen LogP contribution is -2.46. The summed E-state index contributed by atoms with van der Waals surface area (Å²) in [6.07, 6.45) is 1.71. The number of likely N-dealkylation sites (N-methyl/N-ethyl adjacent to an activating group) is 1. The molecule has 0 atom stereocenters. The molecule has 1 saturated heterocycles. The van der Waals surface area contributed by atoms with Crippen LogP contribution in [0, 0.1) is 0 Å². The lowest BCUT2D eigenvalue weighted by Gasteiger charge is -2.34. The van der Waals surface area contributed by atoms with Crippen LogP contribution in [0.1, 0.15) is 17.3 Å². The minimum absolute atomic E-state index is 0.121. The largest absolute Gasteiger partial charge is 0.354 e. The van der Waals surface area contributed by atoms with Gasteiger partial charge in [-0.15, -0.1) is 0 Å². The summed E-state index contributed by atoms with van der Waals surface area (Å²) >= 11 is 3.41. The lowest BCUT2D eigenvalue weighted by atomic mass is 10.2. The van der Waals surface area contributed by atoms with Crippen molar-refractivity contribution in [1.82, 2.24) is 9.88 Å². The molecule has 2 heterocycles. The second kappa shape index (κ2) is 7.77. The van der Waals surface area contributed by atoms with Gasteiger partial charge in [-0.25, -0.2) is 4.98 Å². The first-order valence-corrected chi connectivity index (χ1v) is 8.95. The molecule has 0 bridgehead atoms. The molecule has 1 aromatic carbocycles. The highest BCUT2D eigenvalue weighted by molar-refractivity contribution is 9.10. The molecular formula is C18H21BrN4O. The summed E-state index contributed by atoms with van der Waals surface area (Å²) in [5.74, 6) is 0.747. The number of benzene rings is 1. The Morgan fingerprint density at radius 2 is 2.00 bits per heavy atom. The van der Waals surface area contributed by atoms with E-state index in [0.717, 1.165) is 48.7 Å². The fraction of sp³-hybridized carbons (Fsp3) is 0.333. The number of halogens is 1. The number of piperazine rings is 1. The minimum Gasteiger partial charge on any atom is -0.354 e. The van der Waals surface area contributed by atoms with Crippen molar-refractivity contribution in [3.8, 4) is 0 Å². The molecule has 0 aliphatic carbocycles. The van der Waals surface area contributed by atoms with Gasteiger partial charge in [0.15, 0.2) is 0 Å². The van der Waals surface area contributed by atoms with Gasteiger partial charge in [-0.1, -0.05) is 28.9 Å². The van der Waals surface area contributed by atoms with E-state index in [4.69, 9.17) is 0 Å². The Morgan fingerprint density at radius 1 is 1.21 bits per heavy atom. The quantitative estimate of drug-likeness (QED) is 0.873. The fourth-order valence-electron chi connectivity index (χ4n) is 2.80. The molecule has 0 saturated carbocycles. The number of nitrogens with one attached hydrogen (secondary N) is 1. The molecule has 0 unspecified atom stereocenters. The summed E-state index contributed by atoms with van der Waals surface area (Å²) in [6, 6.07) is 11.2. The summed E-state index contributed by atoms with van der Waals surface area (Å²) < 4.78 is 0.935. The number of amides is 1. The highest BCUT2D eigenvalue weighted by Gasteiger charge is 2.18. The lowest BCUT2D eigenvalue weighted by molar-refractivity contribution is 0.102. The van der Waals surface area contributed by atoms with Crippen LogP contribution in [0.25, 0.3) is 0 Å². The Morgan fingerprint density at radius 3 is 2.71 bits per heavy atom. The van der Waals surface area contributed by atoms with Crippen LogP contribution in [-0.2, 0) is 0 Å². The van der Waals surface area contributed by atoms with E-state index in [1.165, 1.54) is 0 Å². The average molecular weight is 389 g/mol. The molecular weight excluding hydrogens is 368 g/mol. The number of anilines is 2. The van der Waals surface area contributed by atoms with Crippen molar-refractivity contribution in [1.29, 1.82) is 0 Å². The van der Waals surface area contributed by atoms with E-state index >= 15 is 0 Å². The molecule has 1 N–H and O–H groups in total. The summed E-state index contributed by atoms with van der Waals surface area (Å²) in [5, 5.41) is 2.92. The van der Waals surface area contributed by atoms with E-state index < -0.39 is 0 Å². The zero-order valence-electron chi connectivity index (χ0n) is 13.7. The van der Waals surface area contributed by atoms with E-state index in [2.05, 4.69) is 43.0 Å². The Bertz CT molecular complexity index is 714. The Hall–Kier alpha value is -1.92. The molecule has 1 aliphatic rings. The van der Waals surface area contributed by atoms with Crippen molar-refractivity contribution in [2.24, 2.45) is 0 Å². The zero-order valence-corrected chi connectivity index (χ0v) is 15.3. The van der Waals surface area contributed by atoms with Crippen molar-refractivity contribution in [2.75, 3.05) is 42.9 Å². The number of carbonyl (C=O) groups excluding carboxylic acids is 1. The summed E-state index contributed by atoms with van der Waals surface area (Å²) in [6.45, 7) is 7.21. The van der Waals surface area contributed by atoms with Crippen molar-refractivity contribution >= 4 is 33.3 Å². The molecule has 1 aromatic heterocycles. The normalized spacial score (nSPS) is 15.3. The monoisotopic (exact) mass is 388 g/mol. The van der Waals surface area contributed by atoms with E-state index in [-0.39, 0.29) is 5.91 Å². The highest BCUT2D eigenvalue weighted by Crippen LogP contribution is 2.18. The van der Waals surface area contributed by atoms with Gasteiger partial charge in [0.2, 0.25) is 0 Å². The third kappa shape index (κ3) is 4.13. The van der Waals surface area contributed by atoms with Gasteiger partial charge in [-0.05, 0) is 36.9 Å².